The van der Waals surface area contributed by atoms with Crippen LogP contribution in [0.15, 0.2) is 0 Å². The maximum Gasteiger partial charge on any atom is 0.697 e. The Balaban J connectivity index is 3.37. The van der Waals surface area contributed by atoms with Crippen molar-refractivity contribution in [2.75, 3.05) is 40.9 Å². The summed E-state index contributed by atoms with van der Waals surface area (Å²) in [6, 6.07) is 0. The smallest absolute Gasteiger partial charge is 0.329 e. The average molecular weight is 209 g/mol. The van der Waals surface area contributed by atoms with Crippen molar-refractivity contribution in [3.8, 4) is 0 Å². The first-order chi connectivity index (χ1) is 5.95. The summed E-state index contributed by atoms with van der Waals surface area (Å²) in [7, 11) is 4.28. The molecule has 5 heteroatoms. The molecule has 0 aromatic carbocycles. The predicted octanol–water partition coefficient (Wildman–Crippen LogP) is 1.79. The fourth-order valence-electron chi connectivity index (χ4n) is 0.592. The summed E-state index contributed by atoms with van der Waals surface area (Å²) >= 11 is 0. The molecule has 0 aliphatic heterocycles. The highest BCUT2D eigenvalue weighted by Gasteiger charge is 2.21. The van der Waals surface area contributed by atoms with Crippen LogP contribution in [0.1, 0.15) is 13.3 Å². The van der Waals surface area contributed by atoms with Gasteiger partial charge in [-0.25, -0.2) is 0 Å². The summed E-state index contributed by atoms with van der Waals surface area (Å²) in [5.41, 5.74) is 0. The van der Waals surface area contributed by atoms with Crippen molar-refractivity contribution >= 4 is 8.25 Å². The lowest BCUT2D eigenvalue weighted by atomic mass is 10.5. The van der Waals surface area contributed by atoms with Gasteiger partial charge in [-0.15, -0.1) is 9.05 Å². The summed E-state index contributed by atoms with van der Waals surface area (Å²) < 4.78 is 21.7. The molecule has 0 aromatic rings. The first kappa shape index (κ1) is 13.0. The lowest BCUT2D eigenvalue weighted by molar-refractivity contribution is -0.870. The molecular weight excluding hydrogens is 189 g/mol. The minimum Gasteiger partial charge on any atom is -0.329 e. The fraction of sp³-hybridized carbons (Fsp3) is 1.00. The second-order valence-corrected chi connectivity index (χ2v) is 4.87. The third-order valence-electron chi connectivity index (χ3n) is 1.36. The summed E-state index contributed by atoms with van der Waals surface area (Å²) in [6.07, 6.45) is 0.861. The number of rotatable bonds is 7. The summed E-state index contributed by atoms with van der Waals surface area (Å²) in [5.74, 6) is 0. The van der Waals surface area contributed by atoms with Crippen LogP contribution in [0.25, 0.3) is 0 Å². The second kappa shape index (κ2) is 6.44. The van der Waals surface area contributed by atoms with E-state index in [1.807, 2.05) is 6.92 Å². The Hall–Kier alpha value is -0.0200. The van der Waals surface area contributed by atoms with Crippen molar-refractivity contribution < 1.29 is 18.1 Å². The monoisotopic (exact) mass is 209 g/mol. The first-order valence-corrected chi connectivity index (χ1v) is 5.59. The lowest BCUT2D eigenvalue weighted by Gasteiger charge is -2.21. The topological polar surface area (TPSA) is 35.5 Å². The molecule has 0 bridgehead atoms. The molecule has 78 valence electrons. The maximum atomic E-state index is 11.0. The molecular formula is C8H20NO3P+2. The lowest BCUT2D eigenvalue weighted by Crippen LogP contribution is -2.37. The molecule has 0 radical (unpaired) electrons. The third-order valence-corrected chi connectivity index (χ3v) is 2.15. The van der Waals surface area contributed by atoms with Gasteiger partial charge in [0, 0.05) is 4.57 Å². The molecule has 0 fully saturated rings. The van der Waals surface area contributed by atoms with Crippen molar-refractivity contribution in [1.29, 1.82) is 0 Å². The molecule has 1 atom stereocenters. The molecule has 1 unspecified atom stereocenters. The highest BCUT2D eigenvalue weighted by molar-refractivity contribution is 7.33. The van der Waals surface area contributed by atoms with E-state index in [0.717, 1.165) is 17.4 Å². The van der Waals surface area contributed by atoms with E-state index in [1.54, 1.807) is 0 Å². The van der Waals surface area contributed by atoms with E-state index in [9.17, 15) is 4.57 Å². The molecule has 13 heavy (non-hydrogen) atoms. The van der Waals surface area contributed by atoms with Gasteiger partial charge in [0.05, 0.1) is 21.1 Å². The molecule has 0 aliphatic carbocycles. The fourth-order valence-corrected chi connectivity index (χ4v) is 1.23. The van der Waals surface area contributed by atoms with E-state index >= 15 is 0 Å². The molecule has 0 heterocycles. The van der Waals surface area contributed by atoms with E-state index in [0.29, 0.717) is 13.2 Å². The van der Waals surface area contributed by atoms with E-state index in [1.165, 1.54) is 0 Å². The molecule has 0 aromatic heterocycles. The molecule has 0 saturated carbocycles. The summed E-state index contributed by atoms with van der Waals surface area (Å²) in [6.45, 7) is 3.77. The normalized spacial score (nSPS) is 13.1. The Bertz CT molecular complexity index is 156. The van der Waals surface area contributed by atoms with Crippen LogP contribution in [0.5, 0.6) is 0 Å². The standard InChI is InChI=1S/C8H20NO3P/c1-5-7-11-13(10)12-8-6-9(2,3)4/h5-8H2,1-4H3/q+2. The SMILES string of the molecule is CCCO[P+](=O)OCC[N+](C)(C)C. The van der Waals surface area contributed by atoms with Crippen LogP contribution >= 0.6 is 8.25 Å². The van der Waals surface area contributed by atoms with Gasteiger partial charge in [-0.05, 0) is 6.42 Å². The van der Waals surface area contributed by atoms with E-state index in [-0.39, 0.29) is 0 Å². The summed E-state index contributed by atoms with van der Waals surface area (Å²) in [5, 5.41) is 0. The van der Waals surface area contributed by atoms with Crippen LogP contribution < -0.4 is 0 Å². The Morgan fingerprint density at radius 1 is 1.15 bits per heavy atom. The van der Waals surface area contributed by atoms with Crippen molar-refractivity contribution in [3.05, 3.63) is 0 Å². The number of quaternary nitrogens is 1. The van der Waals surface area contributed by atoms with Crippen LogP contribution in [0.4, 0.5) is 0 Å². The van der Waals surface area contributed by atoms with Gasteiger partial charge in [-0.3, -0.25) is 0 Å². The van der Waals surface area contributed by atoms with E-state index in [2.05, 4.69) is 21.1 Å². The number of hydrogen-bond acceptors (Lipinski definition) is 3. The third kappa shape index (κ3) is 9.90. The molecule has 0 N–H and O–H groups in total. The van der Waals surface area contributed by atoms with Crippen molar-refractivity contribution in [2.45, 2.75) is 13.3 Å². The molecule has 4 nitrogen and oxygen atoms in total. The van der Waals surface area contributed by atoms with Crippen molar-refractivity contribution in [2.24, 2.45) is 0 Å². The van der Waals surface area contributed by atoms with Crippen LogP contribution in [0.2, 0.25) is 0 Å². The quantitative estimate of drug-likeness (QED) is 0.473. The van der Waals surface area contributed by atoms with Crippen molar-refractivity contribution in [3.63, 3.8) is 0 Å². The largest absolute Gasteiger partial charge is 0.697 e. The number of nitrogens with zero attached hydrogens (tertiary/aromatic N) is 1. The zero-order valence-electron chi connectivity index (χ0n) is 8.95. The molecule has 0 rings (SSSR count). The van der Waals surface area contributed by atoms with Crippen LogP contribution in [0, 0.1) is 0 Å². The minimum atomic E-state index is -1.90. The molecule has 0 spiro atoms. The average Bonchev–Trinajstić information content (AvgIpc) is 1.98. The van der Waals surface area contributed by atoms with Gasteiger partial charge in [0.2, 0.25) is 0 Å². The first-order valence-electron chi connectivity index (χ1n) is 4.49. The van der Waals surface area contributed by atoms with Gasteiger partial charge in [-0.1, -0.05) is 6.92 Å². The zero-order chi connectivity index (χ0) is 10.3. The summed E-state index contributed by atoms with van der Waals surface area (Å²) in [4.78, 5) is 0. The molecule has 0 saturated heterocycles. The maximum absolute atomic E-state index is 11.0. The van der Waals surface area contributed by atoms with Gasteiger partial charge >= 0.3 is 8.25 Å². The van der Waals surface area contributed by atoms with E-state index in [4.69, 9.17) is 9.05 Å². The van der Waals surface area contributed by atoms with Crippen LogP contribution in [0.3, 0.4) is 0 Å². The van der Waals surface area contributed by atoms with Gasteiger partial charge in [0.15, 0.2) is 6.61 Å². The number of likely N-dealkylation sites (N-methyl/N-ethyl adjacent to an activating group) is 1. The van der Waals surface area contributed by atoms with Crippen LogP contribution in [-0.4, -0.2) is 45.4 Å². The Morgan fingerprint density at radius 3 is 2.15 bits per heavy atom. The Morgan fingerprint density at radius 2 is 1.69 bits per heavy atom. The van der Waals surface area contributed by atoms with Gasteiger partial charge in [0.1, 0.15) is 13.2 Å². The van der Waals surface area contributed by atoms with Crippen LogP contribution in [-0.2, 0) is 13.6 Å². The Labute approximate surface area is 81.4 Å². The molecule has 0 aliphatic rings. The van der Waals surface area contributed by atoms with Gasteiger partial charge in [0.25, 0.3) is 0 Å². The number of hydrogen-bond donors (Lipinski definition) is 0. The Kier molecular flexibility index (Phi) is 6.43. The highest BCUT2D eigenvalue weighted by atomic mass is 31.1. The highest BCUT2D eigenvalue weighted by Crippen LogP contribution is 2.23. The van der Waals surface area contributed by atoms with Gasteiger partial charge in [-0.2, -0.15) is 0 Å². The van der Waals surface area contributed by atoms with Crippen molar-refractivity contribution in [1.82, 2.24) is 0 Å². The second-order valence-electron chi connectivity index (χ2n) is 3.90. The predicted molar refractivity (Wildman–Crippen MR) is 52.7 cm³/mol. The van der Waals surface area contributed by atoms with E-state index < -0.39 is 8.25 Å². The molecule has 0 amide bonds. The van der Waals surface area contributed by atoms with Gasteiger partial charge < -0.3 is 4.48 Å². The zero-order valence-corrected chi connectivity index (χ0v) is 9.84. The minimum absolute atomic E-state index is 0.475.